The maximum Gasteiger partial charge on any atom is 0.418 e. The van der Waals surface area contributed by atoms with E-state index in [9.17, 15) is 18.0 Å². The van der Waals surface area contributed by atoms with Gasteiger partial charge in [-0.2, -0.15) is 13.2 Å². The SMILES string of the molecule is O=C(c1ccccc1)c1cnc2c(C(F)(F)F)cccc2c1-c1cccc(N(Cc2ccoc2)Cc2ccco2)c1. The first-order valence-electron chi connectivity index (χ1n) is 12.9. The molecule has 6 rings (SSSR count). The number of alkyl halides is 3. The Hall–Kier alpha value is -5.11. The summed E-state index contributed by atoms with van der Waals surface area (Å²) in [5.41, 5.74) is 2.26. The fraction of sp³-hybridized carbons (Fsp3) is 0.0909. The van der Waals surface area contributed by atoms with Crippen LogP contribution in [0.2, 0.25) is 0 Å². The third-order valence-electron chi connectivity index (χ3n) is 6.86. The van der Waals surface area contributed by atoms with E-state index in [4.69, 9.17) is 8.83 Å². The normalized spacial score (nSPS) is 11.6. The number of halogens is 3. The number of pyridine rings is 1. The molecule has 8 heteroatoms. The number of ketones is 1. The molecule has 0 unspecified atom stereocenters. The Labute approximate surface area is 233 Å². The number of nitrogens with zero attached hydrogens (tertiary/aromatic N) is 2. The number of carbonyl (C=O) groups excluding carboxylic acids is 1. The zero-order valence-corrected chi connectivity index (χ0v) is 21.6. The maximum absolute atomic E-state index is 14.0. The van der Waals surface area contributed by atoms with Gasteiger partial charge in [0.05, 0.1) is 36.4 Å². The molecule has 3 aromatic carbocycles. The molecule has 0 bridgehead atoms. The molecule has 0 saturated heterocycles. The highest BCUT2D eigenvalue weighted by atomic mass is 19.4. The van der Waals surface area contributed by atoms with Crippen molar-refractivity contribution in [1.29, 1.82) is 0 Å². The summed E-state index contributed by atoms with van der Waals surface area (Å²) in [6.07, 6.45) is 1.50. The van der Waals surface area contributed by atoms with Gasteiger partial charge in [-0.05, 0) is 42.0 Å². The molecule has 5 nitrogen and oxygen atoms in total. The zero-order valence-electron chi connectivity index (χ0n) is 21.6. The van der Waals surface area contributed by atoms with Crippen LogP contribution in [0.4, 0.5) is 18.9 Å². The summed E-state index contributed by atoms with van der Waals surface area (Å²) in [6, 6.07) is 25.5. The minimum absolute atomic E-state index is 0.212. The first-order valence-corrected chi connectivity index (χ1v) is 12.9. The van der Waals surface area contributed by atoms with Crippen molar-refractivity contribution < 1.29 is 26.8 Å². The van der Waals surface area contributed by atoms with Gasteiger partial charge in [-0.15, -0.1) is 0 Å². The third-order valence-corrected chi connectivity index (χ3v) is 6.86. The number of carbonyl (C=O) groups is 1. The largest absolute Gasteiger partial charge is 0.472 e. The molecule has 3 heterocycles. The monoisotopic (exact) mass is 552 g/mol. The lowest BCUT2D eigenvalue weighted by molar-refractivity contribution is -0.136. The molecular weight excluding hydrogens is 529 g/mol. The molecule has 6 aromatic rings. The number of hydrogen-bond acceptors (Lipinski definition) is 5. The van der Waals surface area contributed by atoms with E-state index in [0.29, 0.717) is 29.8 Å². The van der Waals surface area contributed by atoms with Crippen molar-refractivity contribution in [2.24, 2.45) is 0 Å². The first kappa shape index (κ1) is 26.1. The standard InChI is InChI=1S/C33H23F3N2O3/c34-33(35,36)29-13-5-12-27-30(28(18-37-31(27)29)32(39)23-7-2-1-3-8-23)24-9-4-10-25(17-24)38(19-22-14-16-40-21-22)20-26-11-6-15-41-26/h1-18,21H,19-20H2. The van der Waals surface area contributed by atoms with Crippen LogP contribution in [-0.4, -0.2) is 10.8 Å². The molecule has 0 aliphatic heterocycles. The van der Waals surface area contributed by atoms with Crippen molar-refractivity contribution in [3.8, 4) is 11.1 Å². The van der Waals surface area contributed by atoms with E-state index in [1.54, 1.807) is 61.3 Å². The number of para-hydroxylation sites is 1. The molecule has 0 atom stereocenters. The van der Waals surface area contributed by atoms with Gasteiger partial charge in [0.15, 0.2) is 5.78 Å². The van der Waals surface area contributed by atoms with Crippen LogP contribution in [0.3, 0.4) is 0 Å². The summed E-state index contributed by atoms with van der Waals surface area (Å²) < 4.78 is 52.8. The molecule has 0 aliphatic rings. The van der Waals surface area contributed by atoms with Gasteiger partial charge in [-0.3, -0.25) is 9.78 Å². The second kappa shape index (κ2) is 10.8. The summed E-state index contributed by atoms with van der Waals surface area (Å²) in [7, 11) is 0. The first-order chi connectivity index (χ1) is 19.9. The highest BCUT2D eigenvalue weighted by Gasteiger charge is 2.34. The van der Waals surface area contributed by atoms with Gasteiger partial charge in [0, 0.05) is 46.1 Å². The number of hydrogen-bond donors (Lipinski definition) is 0. The quantitative estimate of drug-likeness (QED) is 0.177. The topological polar surface area (TPSA) is 59.5 Å². The Morgan fingerprint density at radius 2 is 1.68 bits per heavy atom. The molecule has 0 fully saturated rings. The van der Waals surface area contributed by atoms with Crippen LogP contribution in [-0.2, 0) is 19.3 Å². The van der Waals surface area contributed by atoms with E-state index in [1.165, 1.54) is 12.3 Å². The summed E-state index contributed by atoms with van der Waals surface area (Å²) in [5.74, 6) is 0.409. The van der Waals surface area contributed by atoms with Crippen molar-refractivity contribution in [2.45, 2.75) is 19.3 Å². The van der Waals surface area contributed by atoms with Gasteiger partial charge in [0.2, 0.25) is 0 Å². The Balaban J connectivity index is 1.54. The van der Waals surface area contributed by atoms with Crippen LogP contribution in [0.15, 0.2) is 125 Å². The molecule has 0 amide bonds. The fourth-order valence-corrected chi connectivity index (χ4v) is 4.97. The molecule has 0 aliphatic carbocycles. The lowest BCUT2D eigenvalue weighted by Crippen LogP contribution is -2.21. The van der Waals surface area contributed by atoms with Gasteiger partial charge in [0.1, 0.15) is 5.76 Å². The molecule has 0 spiro atoms. The number of furan rings is 2. The van der Waals surface area contributed by atoms with E-state index in [-0.39, 0.29) is 22.2 Å². The van der Waals surface area contributed by atoms with Gasteiger partial charge in [0.25, 0.3) is 0 Å². The van der Waals surface area contributed by atoms with Crippen LogP contribution in [0, 0.1) is 0 Å². The van der Waals surface area contributed by atoms with E-state index in [2.05, 4.69) is 9.88 Å². The molecule has 0 radical (unpaired) electrons. The predicted octanol–water partition coefficient (Wildman–Crippen LogP) is 8.54. The van der Waals surface area contributed by atoms with Crippen LogP contribution >= 0.6 is 0 Å². The second-order valence-electron chi connectivity index (χ2n) is 9.56. The van der Waals surface area contributed by atoms with Gasteiger partial charge < -0.3 is 13.7 Å². The van der Waals surface area contributed by atoms with E-state index in [1.807, 2.05) is 36.4 Å². The molecule has 204 valence electrons. The zero-order chi connectivity index (χ0) is 28.4. The van der Waals surface area contributed by atoms with Crippen LogP contribution in [0.1, 0.15) is 32.8 Å². The lowest BCUT2D eigenvalue weighted by Gasteiger charge is -2.24. The summed E-state index contributed by atoms with van der Waals surface area (Å²) >= 11 is 0. The van der Waals surface area contributed by atoms with Crippen molar-refractivity contribution in [2.75, 3.05) is 4.90 Å². The third kappa shape index (κ3) is 5.36. The number of aromatic nitrogens is 1. The average molecular weight is 553 g/mol. The minimum Gasteiger partial charge on any atom is -0.472 e. The van der Waals surface area contributed by atoms with Crippen molar-refractivity contribution >= 4 is 22.4 Å². The smallest absolute Gasteiger partial charge is 0.418 e. The van der Waals surface area contributed by atoms with Crippen molar-refractivity contribution in [3.63, 3.8) is 0 Å². The van der Waals surface area contributed by atoms with Gasteiger partial charge >= 0.3 is 6.18 Å². The van der Waals surface area contributed by atoms with Crippen LogP contribution in [0.5, 0.6) is 0 Å². The minimum atomic E-state index is -4.61. The van der Waals surface area contributed by atoms with E-state index >= 15 is 0 Å². The predicted molar refractivity (Wildman–Crippen MR) is 149 cm³/mol. The Kier molecular flexibility index (Phi) is 6.89. The number of anilines is 1. The van der Waals surface area contributed by atoms with E-state index < -0.39 is 11.7 Å². The molecule has 0 saturated carbocycles. The average Bonchev–Trinajstić information content (AvgIpc) is 3.70. The number of rotatable bonds is 8. The fourth-order valence-electron chi connectivity index (χ4n) is 4.97. The molecule has 0 N–H and O–H groups in total. The van der Waals surface area contributed by atoms with Crippen LogP contribution in [0.25, 0.3) is 22.0 Å². The summed E-state index contributed by atoms with van der Waals surface area (Å²) in [5, 5.41) is 0.242. The van der Waals surface area contributed by atoms with Crippen molar-refractivity contribution in [1.82, 2.24) is 4.98 Å². The summed E-state index contributed by atoms with van der Waals surface area (Å²) in [6.45, 7) is 0.929. The van der Waals surface area contributed by atoms with Gasteiger partial charge in [-0.1, -0.05) is 54.6 Å². The number of fused-ring (bicyclic) bond motifs is 1. The van der Waals surface area contributed by atoms with Crippen molar-refractivity contribution in [3.05, 3.63) is 144 Å². The maximum atomic E-state index is 14.0. The Morgan fingerprint density at radius 1 is 0.854 bits per heavy atom. The van der Waals surface area contributed by atoms with Gasteiger partial charge in [-0.25, -0.2) is 0 Å². The Morgan fingerprint density at radius 3 is 2.41 bits per heavy atom. The number of benzene rings is 3. The molecule has 3 aromatic heterocycles. The van der Waals surface area contributed by atoms with E-state index in [0.717, 1.165) is 23.1 Å². The lowest BCUT2D eigenvalue weighted by atomic mass is 9.91. The second-order valence-corrected chi connectivity index (χ2v) is 9.56. The highest BCUT2D eigenvalue weighted by molar-refractivity contribution is 6.16. The van der Waals surface area contributed by atoms with Crippen LogP contribution < -0.4 is 4.90 Å². The molecule has 41 heavy (non-hydrogen) atoms. The highest BCUT2D eigenvalue weighted by Crippen LogP contribution is 2.40. The summed E-state index contributed by atoms with van der Waals surface area (Å²) in [4.78, 5) is 19.9. The molecular formula is C33H23F3N2O3. The Bertz CT molecular complexity index is 1760.